The van der Waals surface area contributed by atoms with Crippen molar-refractivity contribution in [2.75, 3.05) is 13.9 Å². The van der Waals surface area contributed by atoms with Gasteiger partial charge in [-0.05, 0) is 18.2 Å². The molecular weight excluding hydrogens is 268 g/mol. The molecule has 2 aromatic carbocycles. The lowest BCUT2D eigenvalue weighted by atomic mass is 9.92. The fraction of sp³-hybridized carbons (Fsp3) is 0.294. The van der Waals surface area contributed by atoms with Crippen LogP contribution in [0.4, 0.5) is 0 Å². The topological polar surface area (TPSA) is 36.9 Å². The Morgan fingerprint density at radius 2 is 1.95 bits per heavy atom. The standard InChI is InChI=1S/C17H16O4/c1-10-12-5-3-4-6-13(12)21-16(10)11-7-14(18-2)17-15(8-11)19-9-20-17/h3-8,10,16H,9H2,1-2H3/t10-,16-/m1/s1. The zero-order valence-corrected chi connectivity index (χ0v) is 12.0. The van der Waals surface area contributed by atoms with Gasteiger partial charge in [0.1, 0.15) is 11.9 Å². The van der Waals surface area contributed by atoms with Crippen LogP contribution in [0.25, 0.3) is 0 Å². The highest BCUT2D eigenvalue weighted by atomic mass is 16.7. The van der Waals surface area contributed by atoms with Crippen LogP contribution < -0.4 is 18.9 Å². The highest BCUT2D eigenvalue weighted by Gasteiger charge is 2.34. The molecule has 0 N–H and O–H groups in total. The molecule has 4 heteroatoms. The summed E-state index contributed by atoms with van der Waals surface area (Å²) in [6.45, 7) is 2.41. The Morgan fingerprint density at radius 3 is 2.76 bits per heavy atom. The zero-order valence-electron chi connectivity index (χ0n) is 12.0. The van der Waals surface area contributed by atoms with E-state index in [9.17, 15) is 0 Å². The molecule has 21 heavy (non-hydrogen) atoms. The summed E-state index contributed by atoms with van der Waals surface area (Å²) < 4.78 is 22.5. The molecule has 0 radical (unpaired) electrons. The van der Waals surface area contributed by atoms with Crippen molar-refractivity contribution in [1.29, 1.82) is 0 Å². The zero-order chi connectivity index (χ0) is 14.4. The van der Waals surface area contributed by atoms with Gasteiger partial charge in [0.15, 0.2) is 11.5 Å². The van der Waals surface area contributed by atoms with Crippen LogP contribution in [0, 0.1) is 0 Å². The molecule has 2 atom stereocenters. The molecule has 0 saturated carbocycles. The van der Waals surface area contributed by atoms with Crippen LogP contribution in [0.1, 0.15) is 30.1 Å². The predicted molar refractivity (Wildman–Crippen MR) is 77.3 cm³/mol. The molecule has 108 valence electrons. The molecule has 0 aliphatic carbocycles. The Labute approximate surface area is 123 Å². The highest BCUT2D eigenvalue weighted by molar-refractivity contribution is 5.56. The maximum Gasteiger partial charge on any atom is 0.231 e. The fourth-order valence-electron chi connectivity index (χ4n) is 3.04. The van der Waals surface area contributed by atoms with Gasteiger partial charge in [0.05, 0.1) is 7.11 Å². The molecular formula is C17H16O4. The monoisotopic (exact) mass is 284 g/mol. The largest absolute Gasteiger partial charge is 0.493 e. The van der Waals surface area contributed by atoms with Crippen LogP contribution in [0.15, 0.2) is 36.4 Å². The van der Waals surface area contributed by atoms with E-state index in [1.807, 2.05) is 30.3 Å². The van der Waals surface area contributed by atoms with Crippen molar-refractivity contribution in [3.8, 4) is 23.0 Å². The Morgan fingerprint density at radius 1 is 1.10 bits per heavy atom. The van der Waals surface area contributed by atoms with E-state index >= 15 is 0 Å². The summed E-state index contributed by atoms with van der Waals surface area (Å²) in [5.74, 6) is 3.31. The van der Waals surface area contributed by atoms with E-state index in [1.54, 1.807) is 7.11 Å². The molecule has 4 rings (SSSR count). The van der Waals surface area contributed by atoms with Crippen LogP contribution in [-0.2, 0) is 0 Å². The number of ether oxygens (including phenoxy) is 4. The van der Waals surface area contributed by atoms with Gasteiger partial charge in [-0.3, -0.25) is 0 Å². The quantitative estimate of drug-likeness (QED) is 0.843. The predicted octanol–water partition coefficient (Wildman–Crippen LogP) is 3.66. The summed E-state index contributed by atoms with van der Waals surface area (Å²) in [6.07, 6.45) is -0.0363. The van der Waals surface area contributed by atoms with E-state index < -0.39 is 0 Å². The smallest absolute Gasteiger partial charge is 0.231 e. The van der Waals surface area contributed by atoms with Crippen molar-refractivity contribution >= 4 is 0 Å². The van der Waals surface area contributed by atoms with Crippen molar-refractivity contribution in [2.24, 2.45) is 0 Å². The van der Waals surface area contributed by atoms with E-state index in [4.69, 9.17) is 18.9 Å². The first-order valence-electron chi connectivity index (χ1n) is 7.01. The number of hydrogen-bond acceptors (Lipinski definition) is 4. The Hall–Kier alpha value is -2.36. The minimum Gasteiger partial charge on any atom is -0.493 e. The van der Waals surface area contributed by atoms with Crippen molar-refractivity contribution in [1.82, 2.24) is 0 Å². The summed E-state index contributed by atoms with van der Waals surface area (Å²) >= 11 is 0. The van der Waals surface area contributed by atoms with Gasteiger partial charge in [0, 0.05) is 17.0 Å². The lowest BCUT2D eigenvalue weighted by Gasteiger charge is -2.17. The van der Waals surface area contributed by atoms with E-state index in [0.717, 1.165) is 17.1 Å². The Balaban J connectivity index is 1.76. The van der Waals surface area contributed by atoms with Crippen LogP contribution in [0.3, 0.4) is 0 Å². The van der Waals surface area contributed by atoms with Crippen molar-refractivity contribution < 1.29 is 18.9 Å². The van der Waals surface area contributed by atoms with Crippen molar-refractivity contribution in [2.45, 2.75) is 18.9 Å². The molecule has 2 aliphatic rings. The molecule has 4 nitrogen and oxygen atoms in total. The van der Waals surface area contributed by atoms with Crippen LogP contribution in [0.2, 0.25) is 0 Å². The summed E-state index contributed by atoms with van der Waals surface area (Å²) in [4.78, 5) is 0. The van der Waals surface area contributed by atoms with Gasteiger partial charge in [-0.25, -0.2) is 0 Å². The van der Waals surface area contributed by atoms with Crippen LogP contribution in [-0.4, -0.2) is 13.9 Å². The lowest BCUT2D eigenvalue weighted by molar-refractivity contribution is 0.171. The average Bonchev–Trinajstić information content (AvgIpc) is 3.11. The van der Waals surface area contributed by atoms with Crippen LogP contribution >= 0.6 is 0 Å². The molecule has 0 bridgehead atoms. The van der Waals surface area contributed by atoms with Gasteiger partial charge in [-0.1, -0.05) is 25.1 Å². The maximum absolute atomic E-state index is 6.11. The number of fused-ring (bicyclic) bond motifs is 2. The molecule has 0 fully saturated rings. The van der Waals surface area contributed by atoms with Crippen molar-refractivity contribution in [3.05, 3.63) is 47.5 Å². The highest BCUT2D eigenvalue weighted by Crippen LogP contribution is 2.49. The number of hydrogen-bond donors (Lipinski definition) is 0. The molecule has 0 aromatic heterocycles. The fourth-order valence-corrected chi connectivity index (χ4v) is 3.04. The minimum absolute atomic E-state index is 0.0363. The third-order valence-electron chi connectivity index (χ3n) is 4.13. The van der Waals surface area contributed by atoms with Crippen molar-refractivity contribution in [3.63, 3.8) is 0 Å². The number of benzene rings is 2. The molecule has 0 amide bonds. The maximum atomic E-state index is 6.11. The molecule has 2 aromatic rings. The summed E-state index contributed by atoms with van der Waals surface area (Å²) in [5.41, 5.74) is 2.28. The Kier molecular flexibility index (Phi) is 2.70. The molecule has 0 unspecified atom stereocenters. The van der Waals surface area contributed by atoms with Gasteiger partial charge in [-0.15, -0.1) is 0 Å². The van der Waals surface area contributed by atoms with Crippen LogP contribution in [0.5, 0.6) is 23.0 Å². The first-order chi connectivity index (χ1) is 10.3. The summed E-state index contributed by atoms with van der Waals surface area (Å²) in [6, 6.07) is 12.1. The van der Waals surface area contributed by atoms with Gasteiger partial charge in [0.2, 0.25) is 12.5 Å². The number of methoxy groups -OCH3 is 1. The van der Waals surface area contributed by atoms with E-state index in [2.05, 4.69) is 13.0 Å². The second-order valence-electron chi connectivity index (χ2n) is 5.32. The first kappa shape index (κ1) is 12.4. The number of rotatable bonds is 2. The summed E-state index contributed by atoms with van der Waals surface area (Å²) in [7, 11) is 1.63. The van der Waals surface area contributed by atoms with Gasteiger partial charge >= 0.3 is 0 Å². The molecule has 2 heterocycles. The summed E-state index contributed by atoms with van der Waals surface area (Å²) in [5, 5.41) is 0. The molecule has 0 saturated heterocycles. The number of para-hydroxylation sites is 1. The van der Waals surface area contributed by atoms with E-state index in [0.29, 0.717) is 11.5 Å². The molecule has 0 spiro atoms. The second-order valence-corrected chi connectivity index (χ2v) is 5.32. The normalized spacial score (nSPS) is 21.8. The Bertz CT molecular complexity index is 695. The van der Waals surface area contributed by atoms with Gasteiger partial charge in [0.25, 0.3) is 0 Å². The lowest BCUT2D eigenvalue weighted by Crippen LogP contribution is -2.07. The van der Waals surface area contributed by atoms with Gasteiger partial charge in [-0.2, -0.15) is 0 Å². The SMILES string of the molecule is COc1cc([C@@H]2Oc3ccccc3[C@H]2C)cc2c1OCO2. The third kappa shape index (κ3) is 1.82. The minimum atomic E-state index is -0.0363. The third-order valence-corrected chi connectivity index (χ3v) is 4.13. The van der Waals surface area contributed by atoms with E-state index in [-0.39, 0.29) is 18.8 Å². The molecule has 2 aliphatic heterocycles. The first-order valence-corrected chi connectivity index (χ1v) is 7.01. The average molecular weight is 284 g/mol. The second kappa shape index (κ2) is 4.58. The van der Waals surface area contributed by atoms with Gasteiger partial charge < -0.3 is 18.9 Å². The van der Waals surface area contributed by atoms with E-state index in [1.165, 1.54) is 5.56 Å².